The number of nitrogens with one attached hydrogen (secondary N) is 3. The maximum Gasteiger partial charge on any atom is 0.338 e. The van der Waals surface area contributed by atoms with Gasteiger partial charge < -0.3 is 30.3 Å². The standard InChI is InChI=1S/C28H30F2N6O5/c1-40-16-22-24(26(37)41-2)25(17-7-8-20(29)21(30)13-17)36(28(39)34-22)27(38)33-11-10-32-19-9-12-35(15-19)23-6-4-3-5-18(23)14-31/h3-8,13,19,25,32H,9-12,15-16H2,1-2H3,(H,33,38)(H,34,39)/t19?,25-/m0/s1. The van der Waals surface area contributed by atoms with Gasteiger partial charge in [-0.05, 0) is 36.2 Å². The number of methoxy groups -OCH3 is 2. The number of carbonyl (C=O) groups excluding carboxylic acids is 3. The Morgan fingerprint density at radius 2 is 1.93 bits per heavy atom. The molecule has 2 aliphatic rings. The normalized spacial score (nSPS) is 18.7. The third-order valence-electron chi connectivity index (χ3n) is 6.89. The highest BCUT2D eigenvalue weighted by atomic mass is 19.2. The number of para-hydroxylation sites is 1. The minimum Gasteiger partial charge on any atom is -0.466 e. The minimum atomic E-state index is -1.41. The third-order valence-corrected chi connectivity index (χ3v) is 6.89. The average molecular weight is 569 g/mol. The number of anilines is 1. The summed E-state index contributed by atoms with van der Waals surface area (Å²) in [6.07, 6.45) is 0.829. The van der Waals surface area contributed by atoms with Crippen molar-refractivity contribution in [1.29, 1.82) is 5.26 Å². The van der Waals surface area contributed by atoms with Crippen LogP contribution in [-0.4, -0.2) is 76.0 Å². The van der Waals surface area contributed by atoms with Crippen LogP contribution in [0.5, 0.6) is 0 Å². The fraction of sp³-hybridized carbons (Fsp3) is 0.357. The van der Waals surface area contributed by atoms with E-state index in [0.717, 1.165) is 42.8 Å². The molecule has 4 rings (SSSR count). The summed E-state index contributed by atoms with van der Waals surface area (Å²) in [6, 6.07) is 9.41. The van der Waals surface area contributed by atoms with E-state index < -0.39 is 35.7 Å². The first-order chi connectivity index (χ1) is 19.8. The number of imide groups is 1. The van der Waals surface area contributed by atoms with E-state index in [1.807, 2.05) is 18.2 Å². The molecule has 13 heteroatoms. The van der Waals surface area contributed by atoms with Crippen LogP contribution in [0.3, 0.4) is 0 Å². The number of benzene rings is 2. The molecule has 41 heavy (non-hydrogen) atoms. The van der Waals surface area contributed by atoms with E-state index >= 15 is 0 Å². The number of carbonyl (C=O) groups is 3. The third kappa shape index (κ3) is 6.45. The minimum absolute atomic E-state index is 0.00951. The molecule has 2 atom stereocenters. The van der Waals surface area contributed by atoms with E-state index in [1.165, 1.54) is 13.2 Å². The van der Waals surface area contributed by atoms with Crippen LogP contribution in [-0.2, 0) is 14.3 Å². The second-order valence-corrected chi connectivity index (χ2v) is 9.44. The number of ether oxygens (including phenoxy) is 2. The summed E-state index contributed by atoms with van der Waals surface area (Å²) >= 11 is 0. The summed E-state index contributed by atoms with van der Waals surface area (Å²) < 4.78 is 37.9. The zero-order valence-corrected chi connectivity index (χ0v) is 22.6. The number of nitriles is 1. The zero-order chi connectivity index (χ0) is 29.5. The maximum absolute atomic E-state index is 14.2. The van der Waals surface area contributed by atoms with E-state index in [2.05, 4.69) is 26.9 Å². The Morgan fingerprint density at radius 1 is 1.15 bits per heavy atom. The second-order valence-electron chi connectivity index (χ2n) is 9.44. The van der Waals surface area contributed by atoms with Gasteiger partial charge in [-0.3, -0.25) is 0 Å². The molecule has 0 spiro atoms. The van der Waals surface area contributed by atoms with E-state index in [0.29, 0.717) is 18.7 Å². The van der Waals surface area contributed by atoms with Gasteiger partial charge in [0.15, 0.2) is 11.6 Å². The van der Waals surface area contributed by atoms with Crippen molar-refractivity contribution in [2.75, 3.05) is 51.9 Å². The predicted octanol–water partition coefficient (Wildman–Crippen LogP) is 2.55. The SMILES string of the molecule is COCC1=C(C(=O)OC)[C@H](c2ccc(F)c(F)c2)N(C(=O)NCCNC2CCN(c3ccccc3C#N)C2)C(=O)N1. The molecule has 2 aliphatic heterocycles. The van der Waals surface area contributed by atoms with Gasteiger partial charge in [-0.25, -0.2) is 28.1 Å². The second kappa shape index (κ2) is 13.2. The molecule has 11 nitrogen and oxygen atoms in total. The number of esters is 1. The van der Waals surface area contributed by atoms with Crippen molar-refractivity contribution in [3.05, 3.63) is 76.5 Å². The van der Waals surface area contributed by atoms with Gasteiger partial charge in [0.25, 0.3) is 0 Å². The van der Waals surface area contributed by atoms with Crippen LogP contribution in [0.25, 0.3) is 0 Å². The molecule has 0 aliphatic carbocycles. The van der Waals surface area contributed by atoms with Gasteiger partial charge in [-0.2, -0.15) is 5.26 Å². The fourth-order valence-corrected chi connectivity index (χ4v) is 5.00. The van der Waals surface area contributed by atoms with Crippen LogP contribution in [0.15, 0.2) is 53.7 Å². The van der Waals surface area contributed by atoms with Gasteiger partial charge in [0, 0.05) is 39.3 Å². The molecular weight excluding hydrogens is 538 g/mol. The van der Waals surface area contributed by atoms with E-state index in [9.17, 15) is 28.4 Å². The van der Waals surface area contributed by atoms with Crippen LogP contribution in [0.1, 0.15) is 23.6 Å². The van der Waals surface area contributed by atoms with Crippen LogP contribution >= 0.6 is 0 Å². The number of hydrogen-bond donors (Lipinski definition) is 3. The van der Waals surface area contributed by atoms with Crippen molar-refractivity contribution in [3.63, 3.8) is 0 Å². The first-order valence-corrected chi connectivity index (χ1v) is 12.9. The summed E-state index contributed by atoms with van der Waals surface area (Å²) in [5.74, 6) is -3.22. The lowest BCUT2D eigenvalue weighted by molar-refractivity contribution is -0.137. The number of amides is 4. The van der Waals surface area contributed by atoms with Gasteiger partial charge in [-0.15, -0.1) is 0 Å². The van der Waals surface area contributed by atoms with Crippen LogP contribution < -0.4 is 20.9 Å². The maximum atomic E-state index is 14.2. The van der Waals surface area contributed by atoms with Crippen LogP contribution in [0.2, 0.25) is 0 Å². The lowest BCUT2D eigenvalue weighted by Crippen LogP contribution is -2.55. The highest BCUT2D eigenvalue weighted by Crippen LogP contribution is 2.35. The average Bonchev–Trinajstić information content (AvgIpc) is 3.45. The summed E-state index contributed by atoms with van der Waals surface area (Å²) in [7, 11) is 2.47. The van der Waals surface area contributed by atoms with Gasteiger partial charge in [0.05, 0.1) is 36.2 Å². The Kier molecular flexibility index (Phi) is 9.49. The molecular formula is C28H30F2N6O5. The van der Waals surface area contributed by atoms with Crippen molar-refractivity contribution >= 4 is 23.7 Å². The highest BCUT2D eigenvalue weighted by molar-refractivity contribution is 6.01. The van der Waals surface area contributed by atoms with E-state index in [-0.39, 0.29) is 36.0 Å². The first kappa shape index (κ1) is 29.4. The molecule has 1 saturated heterocycles. The van der Waals surface area contributed by atoms with Gasteiger partial charge in [0.2, 0.25) is 0 Å². The predicted molar refractivity (Wildman–Crippen MR) is 144 cm³/mol. The van der Waals surface area contributed by atoms with E-state index in [4.69, 9.17) is 9.47 Å². The fourth-order valence-electron chi connectivity index (χ4n) is 5.00. The molecule has 2 aromatic rings. The van der Waals surface area contributed by atoms with Crippen molar-refractivity contribution < 1.29 is 32.6 Å². The molecule has 2 aromatic carbocycles. The van der Waals surface area contributed by atoms with Crippen LogP contribution in [0, 0.1) is 23.0 Å². The number of urea groups is 2. The van der Waals surface area contributed by atoms with Crippen LogP contribution in [0.4, 0.5) is 24.1 Å². The van der Waals surface area contributed by atoms with Crippen molar-refractivity contribution in [3.8, 4) is 6.07 Å². The molecule has 0 bridgehead atoms. The Hall–Kier alpha value is -4.54. The topological polar surface area (TPSA) is 136 Å². The molecule has 4 amide bonds. The first-order valence-electron chi connectivity index (χ1n) is 12.9. The van der Waals surface area contributed by atoms with Gasteiger partial charge in [-0.1, -0.05) is 18.2 Å². The summed E-state index contributed by atoms with van der Waals surface area (Å²) in [5.41, 5.74) is 1.34. The Morgan fingerprint density at radius 3 is 2.63 bits per heavy atom. The zero-order valence-electron chi connectivity index (χ0n) is 22.6. The largest absolute Gasteiger partial charge is 0.466 e. The molecule has 3 N–H and O–H groups in total. The number of hydrogen-bond acceptors (Lipinski definition) is 8. The molecule has 0 aromatic heterocycles. The summed E-state index contributed by atoms with van der Waals surface area (Å²) in [6.45, 7) is 1.73. The molecule has 2 heterocycles. The molecule has 1 fully saturated rings. The number of rotatable bonds is 9. The van der Waals surface area contributed by atoms with Gasteiger partial charge >= 0.3 is 18.0 Å². The number of nitrogens with zero attached hydrogens (tertiary/aromatic N) is 3. The molecule has 0 radical (unpaired) electrons. The smallest absolute Gasteiger partial charge is 0.338 e. The lowest BCUT2D eigenvalue weighted by atomic mass is 9.93. The Bertz CT molecular complexity index is 1390. The Balaban J connectivity index is 1.46. The molecule has 216 valence electrons. The number of halogens is 2. The summed E-state index contributed by atoms with van der Waals surface area (Å²) in [5, 5.41) is 17.9. The molecule has 1 unspecified atom stereocenters. The quantitative estimate of drug-likeness (QED) is 0.310. The lowest BCUT2D eigenvalue weighted by Gasteiger charge is -2.36. The van der Waals surface area contributed by atoms with E-state index in [1.54, 1.807) is 6.07 Å². The Labute approximate surface area is 235 Å². The van der Waals surface area contributed by atoms with Crippen molar-refractivity contribution in [2.24, 2.45) is 0 Å². The van der Waals surface area contributed by atoms with Crippen molar-refractivity contribution in [2.45, 2.75) is 18.5 Å². The highest BCUT2D eigenvalue weighted by Gasteiger charge is 2.43. The van der Waals surface area contributed by atoms with Gasteiger partial charge in [0.1, 0.15) is 12.1 Å². The molecule has 0 saturated carbocycles. The monoisotopic (exact) mass is 568 g/mol. The van der Waals surface area contributed by atoms with Crippen molar-refractivity contribution in [1.82, 2.24) is 20.9 Å². The summed E-state index contributed by atoms with van der Waals surface area (Å²) in [4.78, 5) is 42.0.